The number of nitrogens with zero attached hydrogens (tertiary/aromatic N) is 1. The largest absolute Gasteiger partial charge is 0.352 e. The fraction of sp³-hybridized carbons (Fsp3) is 0.909. The summed E-state index contributed by atoms with van der Waals surface area (Å²) in [5, 5.41) is 3.05. The van der Waals surface area contributed by atoms with E-state index in [0.29, 0.717) is 12.5 Å². The van der Waals surface area contributed by atoms with Crippen molar-refractivity contribution in [2.75, 3.05) is 20.1 Å². The van der Waals surface area contributed by atoms with E-state index in [-0.39, 0.29) is 11.4 Å². The molecule has 1 aliphatic heterocycles. The molecule has 0 aliphatic carbocycles. The van der Waals surface area contributed by atoms with E-state index in [1.54, 1.807) is 0 Å². The molecule has 1 aliphatic rings. The van der Waals surface area contributed by atoms with Gasteiger partial charge in [0.25, 0.3) is 0 Å². The van der Waals surface area contributed by atoms with E-state index >= 15 is 0 Å². The molecule has 1 saturated heterocycles. The third-order valence-corrected chi connectivity index (χ3v) is 2.75. The lowest BCUT2D eigenvalue weighted by Crippen LogP contribution is -2.39. The van der Waals surface area contributed by atoms with Crippen LogP contribution in [0.3, 0.4) is 0 Å². The molecule has 88 valence electrons. The first kappa shape index (κ1) is 12.5. The van der Waals surface area contributed by atoms with Crippen molar-refractivity contribution in [3.8, 4) is 0 Å². The number of amides is 1. The van der Waals surface area contributed by atoms with E-state index in [0.717, 1.165) is 25.9 Å². The smallest absolute Gasteiger partial charge is 0.220 e. The van der Waals surface area contributed by atoms with Crippen LogP contribution < -0.4 is 11.1 Å². The van der Waals surface area contributed by atoms with E-state index in [9.17, 15) is 4.79 Å². The summed E-state index contributed by atoms with van der Waals surface area (Å²) in [5.74, 6) is 0.133. The van der Waals surface area contributed by atoms with Crippen LogP contribution in [-0.4, -0.2) is 42.5 Å². The number of hydrogen-bond donors (Lipinski definition) is 2. The molecule has 0 bridgehead atoms. The van der Waals surface area contributed by atoms with Crippen molar-refractivity contribution in [1.29, 1.82) is 0 Å². The van der Waals surface area contributed by atoms with Crippen LogP contribution in [0.15, 0.2) is 0 Å². The van der Waals surface area contributed by atoms with Crippen molar-refractivity contribution in [3.05, 3.63) is 0 Å². The number of likely N-dealkylation sites (N-methyl/N-ethyl adjacent to an activating group) is 1. The van der Waals surface area contributed by atoms with Crippen LogP contribution in [0.25, 0.3) is 0 Å². The number of hydrogen-bond acceptors (Lipinski definition) is 3. The van der Waals surface area contributed by atoms with Crippen LogP contribution in [-0.2, 0) is 4.79 Å². The van der Waals surface area contributed by atoms with Gasteiger partial charge in [0.1, 0.15) is 0 Å². The zero-order valence-electron chi connectivity index (χ0n) is 10.0. The maximum atomic E-state index is 11.6. The standard InChI is InChI=1S/C11H23N3O/c1-11(2,12)6-4-10(15)13-9-5-7-14(3)8-9/h9H,4-8,12H2,1-3H3,(H,13,15). The summed E-state index contributed by atoms with van der Waals surface area (Å²) in [5.41, 5.74) is 5.58. The molecule has 15 heavy (non-hydrogen) atoms. The topological polar surface area (TPSA) is 58.4 Å². The molecule has 0 radical (unpaired) electrons. The van der Waals surface area contributed by atoms with Gasteiger partial charge >= 0.3 is 0 Å². The second kappa shape index (κ2) is 4.94. The van der Waals surface area contributed by atoms with Crippen LogP contribution >= 0.6 is 0 Å². The fourth-order valence-corrected chi connectivity index (χ4v) is 1.79. The average Bonchev–Trinajstić information content (AvgIpc) is 2.47. The summed E-state index contributed by atoms with van der Waals surface area (Å²) < 4.78 is 0. The number of nitrogens with one attached hydrogen (secondary N) is 1. The predicted molar refractivity (Wildman–Crippen MR) is 61.5 cm³/mol. The Hall–Kier alpha value is -0.610. The minimum atomic E-state index is -0.246. The molecule has 0 saturated carbocycles. The number of likely N-dealkylation sites (tertiary alicyclic amines) is 1. The predicted octanol–water partition coefficient (Wildman–Crippen LogP) is 0.324. The van der Waals surface area contributed by atoms with Gasteiger partial charge in [0.05, 0.1) is 0 Å². The van der Waals surface area contributed by atoms with Crippen molar-refractivity contribution in [2.45, 2.75) is 44.7 Å². The Balaban J connectivity index is 2.19. The summed E-state index contributed by atoms with van der Waals surface area (Å²) in [7, 11) is 2.08. The minimum Gasteiger partial charge on any atom is -0.352 e. The van der Waals surface area contributed by atoms with E-state index in [4.69, 9.17) is 5.73 Å². The Morgan fingerprint density at radius 1 is 1.60 bits per heavy atom. The van der Waals surface area contributed by atoms with Crippen molar-refractivity contribution >= 4 is 5.91 Å². The minimum absolute atomic E-state index is 0.133. The maximum absolute atomic E-state index is 11.6. The van der Waals surface area contributed by atoms with Crippen LogP contribution in [0, 0.1) is 0 Å². The second-order valence-electron chi connectivity index (χ2n) is 5.30. The van der Waals surface area contributed by atoms with E-state index < -0.39 is 0 Å². The molecule has 1 heterocycles. The van der Waals surface area contributed by atoms with Gasteiger partial charge in [-0.3, -0.25) is 4.79 Å². The molecule has 0 aromatic rings. The van der Waals surface area contributed by atoms with E-state index in [1.165, 1.54) is 0 Å². The molecule has 1 amide bonds. The van der Waals surface area contributed by atoms with E-state index in [1.807, 2.05) is 13.8 Å². The fourth-order valence-electron chi connectivity index (χ4n) is 1.79. The molecule has 0 spiro atoms. The van der Waals surface area contributed by atoms with Crippen molar-refractivity contribution < 1.29 is 4.79 Å². The lowest BCUT2D eigenvalue weighted by atomic mass is 10.00. The van der Waals surface area contributed by atoms with Crippen molar-refractivity contribution in [3.63, 3.8) is 0 Å². The summed E-state index contributed by atoms with van der Waals surface area (Å²) in [6.07, 6.45) is 2.33. The van der Waals surface area contributed by atoms with Crippen molar-refractivity contribution in [1.82, 2.24) is 10.2 Å². The third-order valence-electron chi connectivity index (χ3n) is 2.75. The summed E-state index contributed by atoms with van der Waals surface area (Å²) in [6, 6.07) is 0.336. The summed E-state index contributed by atoms with van der Waals surface area (Å²) in [6.45, 7) is 5.94. The highest BCUT2D eigenvalue weighted by Crippen LogP contribution is 2.09. The van der Waals surface area contributed by atoms with Crippen LogP contribution in [0.1, 0.15) is 33.1 Å². The highest BCUT2D eigenvalue weighted by molar-refractivity contribution is 5.76. The van der Waals surface area contributed by atoms with Crippen LogP contribution in [0.2, 0.25) is 0 Å². The summed E-state index contributed by atoms with van der Waals surface area (Å²) >= 11 is 0. The first-order valence-corrected chi connectivity index (χ1v) is 5.63. The number of rotatable bonds is 4. The average molecular weight is 213 g/mol. The van der Waals surface area contributed by atoms with Gasteiger partial charge in [-0.15, -0.1) is 0 Å². The molecular formula is C11H23N3O. The van der Waals surface area contributed by atoms with Gasteiger partial charge in [-0.2, -0.15) is 0 Å². The van der Waals surface area contributed by atoms with Gasteiger partial charge < -0.3 is 16.0 Å². The monoisotopic (exact) mass is 213 g/mol. The number of carbonyl (C=O) groups is 1. The Labute approximate surface area is 92.2 Å². The Bertz CT molecular complexity index is 222. The first-order valence-electron chi connectivity index (χ1n) is 5.63. The quantitative estimate of drug-likeness (QED) is 0.707. The number of nitrogens with two attached hydrogens (primary N) is 1. The van der Waals surface area contributed by atoms with Gasteiger partial charge in [0, 0.05) is 24.5 Å². The molecule has 1 unspecified atom stereocenters. The van der Waals surface area contributed by atoms with Gasteiger partial charge in [-0.05, 0) is 40.3 Å². The lowest BCUT2D eigenvalue weighted by Gasteiger charge is -2.19. The zero-order valence-corrected chi connectivity index (χ0v) is 10.0. The molecule has 3 N–H and O–H groups in total. The Morgan fingerprint density at radius 3 is 2.73 bits per heavy atom. The number of carbonyl (C=O) groups excluding carboxylic acids is 1. The van der Waals surface area contributed by atoms with Gasteiger partial charge in [-0.1, -0.05) is 0 Å². The maximum Gasteiger partial charge on any atom is 0.220 e. The van der Waals surface area contributed by atoms with Crippen molar-refractivity contribution in [2.24, 2.45) is 5.73 Å². The van der Waals surface area contributed by atoms with Gasteiger partial charge in [-0.25, -0.2) is 0 Å². The molecular weight excluding hydrogens is 190 g/mol. The molecule has 0 aromatic carbocycles. The highest BCUT2D eigenvalue weighted by atomic mass is 16.1. The third kappa shape index (κ3) is 5.14. The summed E-state index contributed by atoms with van der Waals surface area (Å²) in [4.78, 5) is 13.8. The molecule has 4 nitrogen and oxygen atoms in total. The zero-order chi connectivity index (χ0) is 11.5. The lowest BCUT2D eigenvalue weighted by molar-refractivity contribution is -0.122. The SMILES string of the molecule is CN1CCC(NC(=O)CCC(C)(C)N)C1. The molecule has 1 fully saturated rings. The first-order chi connectivity index (χ1) is 6.87. The highest BCUT2D eigenvalue weighted by Gasteiger charge is 2.21. The Morgan fingerprint density at radius 2 is 2.27 bits per heavy atom. The van der Waals surface area contributed by atoms with Gasteiger partial charge in [0.15, 0.2) is 0 Å². The van der Waals surface area contributed by atoms with Gasteiger partial charge in [0.2, 0.25) is 5.91 Å². The second-order valence-corrected chi connectivity index (χ2v) is 5.30. The van der Waals surface area contributed by atoms with Crippen LogP contribution in [0.4, 0.5) is 0 Å². The molecule has 1 rings (SSSR count). The molecule has 1 atom stereocenters. The molecule has 0 aromatic heterocycles. The Kier molecular flexibility index (Phi) is 4.11. The molecule has 4 heteroatoms. The van der Waals surface area contributed by atoms with E-state index in [2.05, 4.69) is 17.3 Å². The van der Waals surface area contributed by atoms with Crippen LogP contribution in [0.5, 0.6) is 0 Å². The normalized spacial score (nSPS) is 23.1.